The molecule has 0 aliphatic heterocycles. The molecule has 3 rings (SSSR count). The third-order valence-corrected chi connectivity index (χ3v) is 3.79. The Morgan fingerprint density at radius 2 is 1.36 bits per heavy atom. The second-order valence-corrected chi connectivity index (χ2v) is 5.63. The first kappa shape index (κ1) is 16.5. The number of carbonyl (C=O) groups is 1. The summed E-state index contributed by atoms with van der Waals surface area (Å²) in [5.74, 6) is 0.0248. The van der Waals surface area contributed by atoms with Gasteiger partial charge in [0.15, 0.2) is 0 Å². The molecule has 0 bridgehead atoms. The molecule has 0 saturated carbocycles. The van der Waals surface area contributed by atoms with E-state index in [-0.39, 0.29) is 0 Å². The van der Waals surface area contributed by atoms with Crippen LogP contribution in [0.4, 0.5) is 17.1 Å². The molecule has 0 aromatic heterocycles. The summed E-state index contributed by atoms with van der Waals surface area (Å²) in [6, 6.07) is 25.9. The molecule has 3 nitrogen and oxygen atoms in total. The molecule has 0 aliphatic carbocycles. The Kier molecular flexibility index (Phi) is 4.95. The van der Waals surface area contributed by atoms with Gasteiger partial charge in [0.2, 0.25) is 0 Å². The molecule has 0 amide bonds. The molecule has 0 spiro atoms. The van der Waals surface area contributed by atoms with Gasteiger partial charge in [-0.25, -0.2) is 4.79 Å². The van der Waals surface area contributed by atoms with Crippen LogP contribution in [-0.4, -0.2) is 5.97 Å². The number of hydrogen-bond acceptors (Lipinski definition) is 3. The number of benzene rings is 3. The first-order valence-electron chi connectivity index (χ1n) is 8.03. The number of para-hydroxylation sites is 1. The van der Waals surface area contributed by atoms with Gasteiger partial charge >= 0.3 is 5.97 Å². The molecule has 124 valence electrons. The van der Waals surface area contributed by atoms with Crippen LogP contribution >= 0.6 is 0 Å². The third kappa shape index (κ3) is 3.96. The number of carbonyl (C=O) groups excluding carboxylic acids is 1. The molecule has 0 saturated heterocycles. The van der Waals surface area contributed by atoms with Gasteiger partial charge < -0.3 is 9.64 Å². The maximum absolute atomic E-state index is 11.3. The minimum Gasteiger partial charge on any atom is -0.423 e. The maximum Gasteiger partial charge on any atom is 0.335 e. The molecule has 0 fully saturated rings. The van der Waals surface area contributed by atoms with Crippen molar-refractivity contribution in [2.45, 2.75) is 6.92 Å². The summed E-state index contributed by atoms with van der Waals surface area (Å²) in [5, 5.41) is 0. The van der Waals surface area contributed by atoms with E-state index in [1.165, 1.54) is 5.56 Å². The predicted molar refractivity (Wildman–Crippen MR) is 102 cm³/mol. The molecule has 0 aliphatic rings. The highest BCUT2D eigenvalue weighted by atomic mass is 16.5. The summed E-state index contributed by atoms with van der Waals surface area (Å²) in [4.78, 5) is 13.5. The zero-order valence-corrected chi connectivity index (χ0v) is 14.1. The molecule has 25 heavy (non-hydrogen) atoms. The zero-order chi connectivity index (χ0) is 17.6. The van der Waals surface area contributed by atoms with Crippen LogP contribution in [0.25, 0.3) is 0 Å². The quantitative estimate of drug-likeness (QED) is 0.349. The van der Waals surface area contributed by atoms with Crippen molar-refractivity contribution in [2.24, 2.45) is 0 Å². The number of nitrogens with zero attached hydrogens (tertiary/aromatic N) is 1. The summed E-state index contributed by atoms with van der Waals surface area (Å²) >= 11 is 0. The van der Waals surface area contributed by atoms with Gasteiger partial charge in [-0.1, -0.05) is 42.5 Å². The van der Waals surface area contributed by atoms with Crippen LogP contribution in [0.3, 0.4) is 0 Å². The number of anilines is 3. The number of esters is 1. The van der Waals surface area contributed by atoms with E-state index in [1.807, 2.05) is 30.3 Å². The zero-order valence-electron chi connectivity index (χ0n) is 14.1. The summed E-state index contributed by atoms with van der Waals surface area (Å²) in [5.41, 5.74) is 4.31. The van der Waals surface area contributed by atoms with E-state index in [4.69, 9.17) is 4.74 Å². The van der Waals surface area contributed by atoms with E-state index in [0.29, 0.717) is 5.75 Å². The van der Waals surface area contributed by atoms with Gasteiger partial charge in [0, 0.05) is 23.1 Å². The van der Waals surface area contributed by atoms with Crippen LogP contribution in [0.15, 0.2) is 91.5 Å². The van der Waals surface area contributed by atoms with Crippen molar-refractivity contribution in [3.05, 3.63) is 97.1 Å². The van der Waals surface area contributed by atoms with Crippen LogP contribution in [0, 0.1) is 6.92 Å². The highest BCUT2D eigenvalue weighted by Gasteiger charge is 2.12. The van der Waals surface area contributed by atoms with E-state index in [1.54, 1.807) is 12.1 Å². The standard InChI is InChI=1S/C22H19NO2/c1-3-22(24)25-21-15-13-20(14-16-21)23(18-7-5-4-6-8-18)19-11-9-17(2)10-12-19/h3-16H,1H2,2H3. The monoisotopic (exact) mass is 329 g/mol. The predicted octanol–water partition coefficient (Wildman–Crippen LogP) is 5.56. The fraction of sp³-hybridized carbons (Fsp3) is 0.0455. The molecule has 0 N–H and O–H groups in total. The molecular formula is C22H19NO2. The van der Waals surface area contributed by atoms with Crippen molar-refractivity contribution in [3.63, 3.8) is 0 Å². The number of aryl methyl sites for hydroxylation is 1. The summed E-state index contributed by atoms with van der Waals surface area (Å²) in [6.45, 7) is 5.48. The van der Waals surface area contributed by atoms with Gasteiger partial charge in [-0.15, -0.1) is 0 Å². The average molecular weight is 329 g/mol. The van der Waals surface area contributed by atoms with Gasteiger partial charge in [0.05, 0.1) is 0 Å². The smallest absolute Gasteiger partial charge is 0.335 e. The molecule has 0 heterocycles. The molecule has 3 heteroatoms. The van der Waals surface area contributed by atoms with Crippen molar-refractivity contribution >= 4 is 23.0 Å². The lowest BCUT2D eigenvalue weighted by Crippen LogP contribution is -2.10. The van der Waals surface area contributed by atoms with Crippen molar-refractivity contribution in [2.75, 3.05) is 4.90 Å². The van der Waals surface area contributed by atoms with Gasteiger partial charge in [-0.2, -0.15) is 0 Å². The summed E-state index contributed by atoms with van der Waals surface area (Å²) in [7, 11) is 0. The summed E-state index contributed by atoms with van der Waals surface area (Å²) in [6.07, 6.45) is 1.15. The highest BCUT2D eigenvalue weighted by Crippen LogP contribution is 2.35. The van der Waals surface area contributed by atoms with E-state index in [2.05, 4.69) is 54.8 Å². The highest BCUT2D eigenvalue weighted by molar-refractivity contribution is 5.83. The first-order chi connectivity index (χ1) is 12.2. The Hall–Kier alpha value is -3.33. The van der Waals surface area contributed by atoms with Gasteiger partial charge in [-0.3, -0.25) is 0 Å². The van der Waals surface area contributed by atoms with Crippen molar-refractivity contribution in [1.82, 2.24) is 0 Å². The maximum atomic E-state index is 11.3. The Morgan fingerprint density at radius 3 is 1.92 bits per heavy atom. The molecular weight excluding hydrogens is 310 g/mol. The largest absolute Gasteiger partial charge is 0.423 e. The van der Waals surface area contributed by atoms with Gasteiger partial charge in [0.25, 0.3) is 0 Å². The second-order valence-electron chi connectivity index (χ2n) is 5.63. The third-order valence-electron chi connectivity index (χ3n) is 3.79. The van der Waals surface area contributed by atoms with Crippen molar-refractivity contribution in [3.8, 4) is 5.75 Å². The normalized spacial score (nSPS) is 10.1. The van der Waals surface area contributed by atoms with Crippen molar-refractivity contribution in [1.29, 1.82) is 0 Å². The Labute approximate surface area is 147 Å². The summed E-state index contributed by atoms with van der Waals surface area (Å²) < 4.78 is 5.15. The first-order valence-corrected chi connectivity index (χ1v) is 8.03. The van der Waals surface area contributed by atoms with E-state index >= 15 is 0 Å². The molecule has 3 aromatic rings. The molecule has 0 radical (unpaired) electrons. The van der Waals surface area contributed by atoms with E-state index in [9.17, 15) is 4.79 Å². The lowest BCUT2D eigenvalue weighted by atomic mass is 10.1. The van der Waals surface area contributed by atoms with Crippen molar-refractivity contribution < 1.29 is 9.53 Å². The molecule has 0 atom stereocenters. The Morgan fingerprint density at radius 1 is 0.840 bits per heavy atom. The van der Waals surface area contributed by atoms with E-state index in [0.717, 1.165) is 23.1 Å². The lowest BCUT2D eigenvalue weighted by molar-refractivity contribution is -0.128. The molecule has 0 unspecified atom stereocenters. The minimum atomic E-state index is -0.466. The van der Waals surface area contributed by atoms with Crippen LogP contribution < -0.4 is 9.64 Å². The number of hydrogen-bond donors (Lipinski definition) is 0. The van der Waals surface area contributed by atoms with Crippen LogP contribution in [0.2, 0.25) is 0 Å². The fourth-order valence-electron chi connectivity index (χ4n) is 2.54. The van der Waals surface area contributed by atoms with Crippen LogP contribution in [-0.2, 0) is 4.79 Å². The van der Waals surface area contributed by atoms with E-state index < -0.39 is 5.97 Å². The Balaban J connectivity index is 1.98. The lowest BCUT2D eigenvalue weighted by Gasteiger charge is -2.25. The SMILES string of the molecule is C=CC(=O)Oc1ccc(N(c2ccccc2)c2ccc(C)cc2)cc1. The van der Waals surface area contributed by atoms with Crippen LogP contribution in [0.5, 0.6) is 5.75 Å². The topological polar surface area (TPSA) is 29.5 Å². The Bertz CT molecular complexity index is 853. The minimum absolute atomic E-state index is 0.466. The average Bonchev–Trinajstić information content (AvgIpc) is 2.66. The number of rotatable bonds is 5. The van der Waals surface area contributed by atoms with Gasteiger partial charge in [0.1, 0.15) is 5.75 Å². The molecule has 3 aromatic carbocycles. The van der Waals surface area contributed by atoms with Gasteiger partial charge in [-0.05, 0) is 55.5 Å². The second kappa shape index (κ2) is 7.49. The fourth-order valence-corrected chi connectivity index (χ4v) is 2.54. The number of ether oxygens (including phenoxy) is 1. The van der Waals surface area contributed by atoms with Crippen LogP contribution in [0.1, 0.15) is 5.56 Å².